The van der Waals surface area contributed by atoms with Crippen molar-refractivity contribution in [3.63, 3.8) is 0 Å². The zero-order valence-corrected chi connectivity index (χ0v) is 16.2. The van der Waals surface area contributed by atoms with Crippen LogP contribution in [-0.4, -0.2) is 52.1 Å². The van der Waals surface area contributed by atoms with Crippen LogP contribution in [0.1, 0.15) is 44.5 Å². The molecule has 0 amide bonds. The number of fused-ring (bicyclic) bond motifs is 1. The number of hydrogen-bond donors (Lipinski definition) is 0. The molecule has 2 atom stereocenters. The number of ether oxygens (including phenoxy) is 2. The Morgan fingerprint density at radius 3 is 2.63 bits per heavy atom. The fourth-order valence-electron chi connectivity index (χ4n) is 3.60. The second-order valence-corrected chi connectivity index (χ2v) is 7.43. The van der Waals surface area contributed by atoms with Gasteiger partial charge < -0.3 is 14.4 Å². The highest BCUT2D eigenvalue weighted by atomic mass is 16.5. The summed E-state index contributed by atoms with van der Waals surface area (Å²) >= 11 is 0. The Kier molecular flexibility index (Phi) is 4.78. The van der Waals surface area contributed by atoms with Crippen molar-refractivity contribution in [2.45, 2.75) is 52.6 Å². The van der Waals surface area contributed by atoms with E-state index in [9.17, 15) is 0 Å². The first-order valence-corrected chi connectivity index (χ1v) is 9.43. The van der Waals surface area contributed by atoms with Gasteiger partial charge in [-0.15, -0.1) is 0 Å². The maximum Gasteiger partial charge on any atom is 0.214 e. The summed E-state index contributed by atoms with van der Waals surface area (Å²) in [5, 5.41) is 0. The molecule has 0 N–H and O–H groups in total. The summed E-state index contributed by atoms with van der Waals surface area (Å²) < 4.78 is 11.6. The highest BCUT2D eigenvalue weighted by Crippen LogP contribution is 2.26. The van der Waals surface area contributed by atoms with Gasteiger partial charge in [0.25, 0.3) is 0 Å². The number of nitrogens with zero attached hydrogens (tertiary/aromatic N) is 5. The molecule has 142 valence electrons. The van der Waals surface area contributed by atoms with E-state index >= 15 is 0 Å². The van der Waals surface area contributed by atoms with Gasteiger partial charge in [-0.25, -0.2) is 15.0 Å². The zero-order chi connectivity index (χ0) is 19.0. The molecule has 7 heteroatoms. The summed E-state index contributed by atoms with van der Waals surface area (Å²) in [6.07, 6.45) is 3.89. The van der Waals surface area contributed by atoms with Crippen LogP contribution in [-0.2, 0) is 11.3 Å². The third-order valence-electron chi connectivity index (χ3n) is 4.62. The van der Waals surface area contributed by atoms with Crippen LogP contribution >= 0.6 is 0 Å². The van der Waals surface area contributed by atoms with Gasteiger partial charge in [-0.3, -0.25) is 4.99 Å². The second-order valence-electron chi connectivity index (χ2n) is 7.43. The molecule has 7 nitrogen and oxygen atoms in total. The molecule has 2 aliphatic heterocycles. The number of aliphatic imine (C=N–C) groups is 1. The third-order valence-corrected chi connectivity index (χ3v) is 4.62. The molecule has 1 saturated heterocycles. The molecule has 4 rings (SSSR count). The SMILES string of the molecule is CC(C)Oc1cc2c(cn1)CN=C2c1cc(N2C[C@@H](C)O[C@@H](C)C2)ncn1. The summed E-state index contributed by atoms with van der Waals surface area (Å²) in [6.45, 7) is 10.4. The fourth-order valence-corrected chi connectivity index (χ4v) is 3.60. The van der Waals surface area contributed by atoms with Gasteiger partial charge in [0.15, 0.2) is 0 Å². The fraction of sp³-hybridized carbons (Fsp3) is 0.500. The molecule has 0 bridgehead atoms. The maximum atomic E-state index is 5.83. The Balaban J connectivity index is 1.63. The molecule has 0 aliphatic carbocycles. The normalized spacial score (nSPS) is 22.0. The third kappa shape index (κ3) is 3.78. The van der Waals surface area contributed by atoms with Gasteiger partial charge in [-0.05, 0) is 27.7 Å². The van der Waals surface area contributed by atoms with Crippen molar-refractivity contribution >= 4 is 11.5 Å². The highest BCUT2D eigenvalue weighted by Gasteiger charge is 2.25. The van der Waals surface area contributed by atoms with Gasteiger partial charge in [-0.2, -0.15) is 0 Å². The van der Waals surface area contributed by atoms with E-state index in [4.69, 9.17) is 14.5 Å². The molecule has 2 aromatic heterocycles. The van der Waals surface area contributed by atoms with Crippen LogP contribution < -0.4 is 9.64 Å². The quantitative estimate of drug-likeness (QED) is 0.827. The Hall–Kier alpha value is -2.54. The molecule has 0 unspecified atom stereocenters. The first kappa shape index (κ1) is 17.9. The molecule has 2 aliphatic rings. The van der Waals surface area contributed by atoms with Crippen molar-refractivity contribution in [2.24, 2.45) is 4.99 Å². The first-order valence-electron chi connectivity index (χ1n) is 9.43. The minimum absolute atomic E-state index is 0.0771. The van der Waals surface area contributed by atoms with E-state index in [1.807, 2.05) is 32.2 Å². The van der Waals surface area contributed by atoms with Crippen LogP contribution in [0, 0.1) is 0 Å². The average Bonchev–Trinajstić information content (AvgIpc) is 3.04. The molecular formula is C20H25N5O2. The van der Waals surface area contributed by atoms with Crippen LogP contribution in [0.25, 0.3) is 0 Å². The number of hydrogen-bond acceptors (Lipinski definition) is 7. The Morgan fingerprint density at radius 1 is 1.11 bits per heavy atom. The van der Waals surface area contributed by atoms with E-state index in [1.165, 1.54) is 0 Å². The standard InChI is InChI=1S/C20H25N5O2/c1-12(2)26-19-5-16-15(7-21-19)8-22-20(16)17-6-18(24-11-23-17)25-9-13(3)27-14(4)10-25/h5-7,11-14H,8-10H2,1-4H3/t13-,14+. The largest absolute Gasteiger partial charge is 0.475 e. The molecular weight excluding hydrogens is 342 g/mol. The summed E-state index contributed by atoms with van der Waals surface area (Å²) in [4.78, 5) is 20.3. The van der Waals surface area contributed by atoms with E-state index in [2.05, 4.69) is 33.7 Å². The number of aromatic nitrogens is 3. The molecule has 27 heavy (non-hydrogen) atoms. The van der Waals surface area contributed by atoms with Crippen molar-refractivity contribution in [3.05, 3.63) is 41.5 Å². The Morgan fingerprint density at radius 2 is 1.89 bits per heavy atom. The van der Waals surface area contributed by atoms with Crippen LogP contribution in [0.15, 0.2) is 29.6 Å². The molecule has 0 spiro atoms. The number of morpholine rings is 1. The van der Waals surface area contributed by atoms with E-state index in [0.29, 0.717) is 12.4 Å². The van der Waals surface area contributed by atoms with Crippen molar-refractivity contribution in [1.82, 2.24) is 15.0 Å². The average molecular weight is 367 g/mol. The number of pyridine rings is 1. The molecule has 4 heterocycles. The molecule has 0 saturated carbocycles. The summed E-state index contributed by atoms with van der Waals surface area (Å²) in [5.74, 6) is 1.52. The van der Waals surface area contributed by atoms with E-state index in [0.717, 1.165) is 41.4 Å². The van der Waals surface area contributed by atoms with E-state index < -0.39 is 0 Å². The Bertz CT molecular complexity index is 857. The zero-order valence-electron chi connectivity index (χ0n) is 16.2. The van der Waals surface area contributed by atoms with Crippen LogP contribution in [0.4, 0.5) is 5.82 Å². The smallest absolute Gasteiger partial charge is 0.214 e. The van der Waals surface area contributed by atoms with Crippen LogP contribution in [0.3, 0.4) is 0 Å². The topological polar surface area (TPSA) is 72.7 Å². The molecule has 2 aromatic rings. The van der Waals surface area contributed by atoms with Crippen molar-refractivity contribution in [1.29, 1.82) is 0 Å². The minimum atomic E-state index is 0.0771. The van der Waals surface area contributed by atoms with Gasteiger partial charge in [0.1, 0.15) is 12.1 Å². The molecule has 0 radical (unpaired) electrons. The van der Waals surface area contributed by atoms with Crippen LogP contribution in [0.5, 0.6) is 5.88 Å². The summed E-state index contributed by atoms with van der Waals surface area (Å²) in [5.41, 5.74) is 3.83. The van der Waals surface area contributed by atoms with Crippen molar-refractivity contribution in [2.75, 3.05) is 18.0 Å². The predicted molar refractivity (Wildman–Crippen MR) is 104 cm³/mol. The summed E-state index contributed by atoms with van der Waals surface area (Å²) in [7, 11) is 0. The molecule has 0 aromatic carbocycles. The first-order chi connectivity index (χ1) is 13.0. The highest BCUT2D eigenvalue weighted by molar-refractivity contribution is 6.14. The lowest BCUT2D eigenvalue weighted by molar-refractivity contribution is -0.00546. The lowest BCUT2D eigenvalue weighted by Gasteiger charge is -2.36. The van der Waals surface area contributed by atoms with Gasteiger partial charge in [0, 0.05) is 42.5 Å². The van der Waals surface area contributed by atoms with Gasteiger partial charge in [-0.1, -0.05) is 0 Å². The number of anilines is 1. The monoisotopic (exact) mass is 367 g/mol. The minimum Gasteiger partial charge on any atom is -0.475 e. The maximum absolute atomic E-state index is 5.83. The van der Waals surface area contributed by atoms with E-state index in [1.54, 1.807) is 6.33 Å². The Labute approximate surface area is 159 Å². The second kappa shape index (κ2) is 7.23. The van der Waals surface area contributed by atoms with Gasteiger partial charge in [0.2, 0.25) is 5.88 Å². The van der Waals surface area contributed by atoms with Crippen molar-refractivity contribution < 1.29 is 9.47 Å². The lowest BCUT2D eigenvalue weighted by Crippen LogP contribution is -2.45. The van der Waals surface area contributed by atoms with Gasteiger partial charge in [0.05, 0.1) is 36.3 Å². The van der Waals surface area contributed by atoms with Gasteiger partial charge >= 0.3 is 0 Å². The van der Waals surface area contributed by atoms with Crippen molar-refractivity contribution in [3.8, 4) is 5.88 Å². The number of rotatable bonds is 4. The van der Waals surface area contributed by atoms with E-state index in [-0.39, 0.29) is 18.3 Å². The predicted octanol–water partition coefficient (Wildman–Crippen LogP) is 2.62. The lowest BCUT2D eigenvalue weighted by atomic mass is 10.1. The molecule has 1 fully saturated rings. The van der Waals surface area contributed by atoms with Crippen LogP contribution in [0.2, 0.25) is 0 Å². The summed E-state index contributed by atoms with van der Waals surface area (Å²) in [6, 6.07) is 3.98.